The summed E-state index contributed by atoms with van der Waals surface area (Å²) in [6.07, 6.45) is 0.217. The number of hydrogen-bond acceptors (Lipinski definition) is 1. The van der Waals surface area contributed by atoms with Gasteiger partial charge in [-0.3, -0.25) is 0 Å². The Bertz CT molecular complexity index is 166. The summed E-state index contributed by atoms with van der Waals surface area (Å²) in [6, 6.07) is 0. The van der Waals surface area contributed by atoms with Crippen molar-refractivity contribution < 1.29 is 18.3 Å². The number of hydrogen-bond donors (Lipinski definition) is 1. The first-order valence-corrected chi connectivity index (χ1v) is 5.34. The van der Waals surface area contributed by atoms with Crippen molar-refractivity contribution in [2.75, 3.05) is 0 Å². The Morgan fingerprint density at radius 1 is 1.07 bits per heavy atom. The number of unbranched alkanes of at least 4 members (excludes halogenated alkanes) is 5. The molecule has 0 aromatic rings. The van der Waals surface area contributed by atoms with Gasteiger partial charge in [-0.2, -0.15) is 13.2 Å². The maximum absolute atomic E-state index is 11.9. The Kier molecular flexibility index (Phi) is 7.48. The molecule has 1 unspecified atom stereocenters. The van der Waals surface area contributed by atoms with E-state index in [1.807, 2.05) is 6.08 Å². The summed E-state index contributed by atoms with van der Waals surface area (Å²) in [4.78, 5) is 0. The standard InChI is InChI=1S/C11H19F3O/c1-2-3-4-5-6-7-8-9-10(15)11(12,13)14/h2,10,15H,1,3-9H2. The lowest BCUT2D eigenvalue weighted by atomic mass is 10.1. The molecule has 4 heteroatoms. The number of aliphatic hydroxyl groups is 1. The Hall–Kier alpha value is -0.510. The van der Waals surface area contributed by atoms with Crippen LogP contribution in [0.4, 0.5) is 13.2 Å². The number of allylic oxidation sites excluding steroid dienone is 1. The first-order valence-electron chi connectivity index (χ1n) is 5.34. The van der Waals surface area contributed by atoms with Crippen LogP contribution in [-0.4, -0.2) is 17.4 Å². The zero-order valence-electron chi connectivity index (χ0n) is 8.89. The quantitative estimate of drug-likeness (QED) is 0.490. The Labute approximate surface area is 89.0 Å². The second kappa shape index (κ2) is 7.74. The zero-order chi connectivity index (χ0) is 11.7. The highest BCUT2D eigenvalue weighted by Gasteiger charge is 2.37. The minimum Gasteiger partial charge on any atom is -0.384 e. The van der Waals surface area contributed by atoms with E-state index in [4.69, 9.17) is 5.11 Å². The van der Waals surface area contributed by atoms with Crippen molar-refractivity contribution in [1.82, 2.24) is 0 Å². The third-order valence-electron chi connectivity index (χ3n) is 2.26. The van der Waals surface area contributed by atoms with Crippen molar-refractivity contribution in [1.29, 1.82) is 0 Å². The molecule has 0 saturated heterocycles. The van der Waals surface area contributed by atoms with Gasteiger partial charge in [0.05, 0.1) is 0 Å². The van der Waals surface area contributed by atoms with E-state index in [1.165, 1.54) is 0 Å². The van der Waals surface area contributed by atoms with Crippen LogP contribution in [0.25, 0.3) is 0 Å². The number of halogens is 3. The summed E-state index contributed by atoms with van der Waals surface area (Å²) in [5.74, 6) is 0. The monoisotopic (exact) mass is 224 g/mol. The van der Waals surface area contributed by atoms with Gasteiger partial charge in [-0.05, 0) is 19.3 Å². The van der Waals surface area contributed by atoms with E-state index >= 15 is 0 Å². The fourth-order valence-electron chi connectivity index (χ4n) is 1.32. The van der Waals surface area contributed by atoms with Crippen LogP contribution in [0.2, 0.25) is 0 Å². The van der Waals surface area contributed by atoms with E-state index in [-0.39, 0.29) is 6.42 Å². The summed E-state index contributed by atoms with van der Waals surface area (Å²) < 4.78 is 35.6. The van der Waals surface area contributed by atoms with Crippen molar-refractivity contribution in [3.63, 3.8) is 0 Å². The van der Waals surface area contributed by atoms with E-state index in [0.717, 1.165) is 32.1 Å². The average Bonchev–Trinajstić information content (AvgIpc) is 2.14. The van der Waals surface area contributed by atoms with Crippen LogP contribution >= 0.6 is 0 Å². The molecular weight excluding hydrogens is 205 g/mol. The van der Waals surface area contributed by atoms with Gasteiger partial charge in [-0.1, -0.05) is 31.8 Å². The lowest BCUT2D eigenvalue weighted by Crippen LogP contribution is -2.28. The number of rotatable bonds is 8. The molecule has 0 rings (SSSR count). The normalized spacial score (nSPS) is 13.9. The SMILES string of the molecule is C=CCCCCCCCC(O)C(F)(F)F. The summed E-state index contributed by atoms with van der Waals surface area (Å²) in [7, 11) is 0. The van der Waals surface area contributed by atoms with Crippen molar-refractivity contribution in [3.05, 3.63) is 12.7 Å². The van der Waals surface area contributed by atoms with Gasteiger partial charge in [0.15, 0.2) is 0 Å². The van der Waals surface area contributed by atoms with Gasteiger partial charge in [0.1, 0.15) is 6.10 Å². The van der Waals surface area contributed by atoms with Crippen LogP contribution in [0.1, 0.15) is 44.9 Å². The number of aliphatic hydroxyl groups excluding tert-OH is 1. The smallest absolute Gasteiger partial charge is 0.384 e. The molecule has 0 radical (unpaired) electrons. The van der Waals surface area contributed by atoms with Gasteiger partial charge in [0.25, 0.3) is 0 Å². The molecule has 0 heterocycles. The van der Waals surface area contributed by atoms with Gasteiger partial charge < -0.3 is 5.11 Å². The molecule has 0 spiro atoms. The fraction of sp³-hybridized carbons (Fsp3) is 0.818. The predicted octanol–water partition coefficient (Wildman–Crippen LogP) is 3.83. The van der Waals surface area contributed by atoms with Gasteiger partial charge >= 0.3 is 6.18 Å². The van der Waals surface area contributed by atoms with E-state index in [9.17, 15) is 13.2 Å². The van der Waals surface area contributed by atoms with Gasteiger partial charge in [-0.15, -0.1) is 6.58 Å². The van der Waals surface area contributed by atoms with Crippen LogP contribution in [0.3, 0.4) is 0 Å². The molecule has 15 heavy (non-hydrogen) atoms. The van der Waals surface area contributed by atoms with Crippen molar-refractivity contribution >= 4 is 0 Å². The summed E-state index contributed by atoms with van der Waals surface area (Å²) in [5.41, 5.74) is 0. The Morgan fingerprint density at radius 3 is 2.13 bits per heavy atom. The second-order valence-corrected chi connectivity index (χ2v) is 3.69. The minimum absolute atomic E-state index is 0.176. The van der Waals surface area contributed by atoms with Crippen molar-refractivity contribution in [2.45, 2.75) is 57.2 Å². The average molecular weight is 224 g/mol. The Morgan fingerprint density at radius 2 is 1.60 bits per heavy atom. The topological polar surface area (TPSA) is 20.2 Å². The molecule has 0 saturated carbocycles. The molecular formula is C11H19F3O. The fourth-order valence-corrected chi connectivity index (χ4v) is 1.32. The highest BCUT2D eigenvalue weighted by molar-refractivity contribution is 4.66. The molecule has 0 aromatic carbocycles. The molecule has 0 aliphatic heterocycles. The molecule has 90 valence electrons. The van der Waals surface area contributed by atoms with Crippen LogP contribution in [-0.2, 0) is 0 Å². The largest absolute Gasteiger partial charge is 0.414 e. The van der Waals surface area contributed by atoms with Crippen LogP contribution in [0.5, 0.6) is 0 Å². The van der Waals surface area contributed by atoms with E-state index in [1.54, 1.807) is 0 Å². The van der Waals surface area contributed by atoms with E-state index < -0.39 is 12.3 Å². The molecule has 1 nitrogen and oxygen atoms in total. The summed E-state index contributed by atoms with van der Waals surface area (Å²) in [5, 5.41) is 8.69. The van der Waals surface area contributed by atoms with Gasteiger partial charge in [0.2, 0.25) is 0 Å². The molecule has 0 aromatic heterocycles. The molecule has 0 fully saturated rings. The lowest BCUT2D eigenvalue weighted by molar-refractivity contribution is -0.205. The molecule has 0 aliphatic rings. The highest BCUT2D eigenvalue weighted by atomic mass is 19.4. The van der Waals surface area contributed by atoms with Gasteiger partial charge in [-0.25, -0.2) is 0 Å². The van der Waals surface area contributed by atoms with E-state index in [2.05, 4.69) is 6.58 Å². The minimum atomic E-state index is -4.46. The number of alkyl halides is 3. The van der Waals surface area contributed by atoms with Crippen LogP contribution in [0, 0.1) is 0 Å². The zero-order valence-corrected chi connectivity index (χ0v) is 8.89. The molecule has 1 N–H and O–H groups in total. The molecule has 1 atom stereocenters. The van der Waals surface area contributed by atoms with Crippen molar-refractivity contribution in [3.8, 4) is 0 Å². The van der Waals surface area contributed by atoms with Crippen molar-refractivity contribution in [2.24, 2.45) is 0 Å². The lowest BCUT2D eigenvalue weighted by Gasteiger charge is -2.13. The third kappa shape index (κ3) is 8.48. The van der Waals surface area contributed by atoms with Gasteiger partial charge in [0, 0.05) is 0 Å². The summed E-state index contributed by atoms with van der Waals surface area (Å²) in [6.45, 7) is 3.59. The Balaban J connectivity index is 3.27. The molecule has 0 aliphatic carbocycles. The summed E-state index contributed by atoms with van der Waals surface area (Å²) >= 11 is 0. The van der Waals surface area contributed by atoms with Crippen LogP contribution < -0.4 is 0 Å². The maximum Gasteiger partial charge on any atom is 0.414 e. The van der Waals surface area contributed by atoms with Crippen LogP contribution in [0.15, 0.2) is 12.7 Å². The first-order chi connectivity index (χ1) is 6.98. The molecule has 0 amide bonds. The molecule has 0 bridgehead atoms. The highest BCUT2D eigenvalue weighted by Crippen LogP contribution is 2.24. The second-order valence-electron chi connectivity index (χ2n) is 3.69. The third-order valence-corrected chi connectivity index (χ3v) is 2.26. The maximum atomic E-state index is 11.9. The first kappa shape index (κ1) is 14.5. The predicted molar refractivity (Wildman–Crippen MR) is 54.6 cm³/mol. The van der Waals surface area contributed by atoms with E-state index in [0.29, 0.717) is 6.42 Å².